The summed E-state index contributed by atoms with van der Waals surface area (Å²) < 4.78 is 5.07. The third-order valence-electron chi connectivity index (χ3n) is 2.06. The van der Waals surface area contributed by atoms with Gasteiger partial charge in [0.1, 0.15) is 0 Å². The third kappa shape index (κ3) is 2.44. The maximum absolute atomic E-state index is 5.07. The average Bonchev–Trinajstić information content (AvgIpc) is 2.18. The van der Waals surface area contributed by atoms with Gasteiger partial charge in [-0.2, -0.15) is 0 Å². The zero-order valence-electron chi connectivity index (χ0n) is 8.17. The molecule has 72 valence electrons. The highest BCUT2D eigenvalue weighted by Crippen LogP contribution is 2.26. The first kappa shape index (κ1) is 10.5. The molecule has 0 bridgehead atoms. The molecule has 0 unspecified atom stereocenters. The van der Waals surface area contributed by atoms with Gasteiger partial charge >= 0.3 is 0 Å². The van der Waals surface area contributed by atoms with Crippen LogP contribution >= 0.6 is 15.9 Å². The standard InChI is InChI=1S/C10H14BrNO/c1-10(2,7-11)8-4-5-12-9(6-8)13-3/h4-6H,7H2,1-3H3. The molecule has 0 fully saturated rings. The second-order valence-electron chi connectivity index (χ2n) is 3.60. The molecule has 2 nitrogen and oxygen atoms in total. The first-order valence-corrected chi connectivity index (χ1v) is 5.29. The van der Waals surface area contributed by atoms with E-state index in [9.17, 15) is 0 Å². The molecule has 0 saturated carbocycles. The normalized spacial score (nSPS) is 11.4. The van der Waals surface area contributed by atoms with E-state index in [1.807, 2.05) is 12.1 Å². The molecule has 0 aliphatic heterocycles. The summed E-state index contributed by atoms with van der Waals surface area (Å²) in [5, 5.41) is 0.924. The fourth-order valence-corrected chi connectivity index (χ4v) is 1.34. The molecule has 0 aromatic carbocycles. The Labute approximate surface area is 87.5 Å². The highest BCUT2D eigenvalue weighted by Gasteiger charge is 2.19. The van der Waals surface area contributed by atoms with Crippen LogP contribution in [0.1, 0.15) is 19.4 Å². The van der Waals surface area contributed by atoms with E-state index in [1.54, 1.807) is 13.3 Å². The number of methoxy groups -OCH3 is 1. The predicted molar refractivity (Wildman–Crippen MR) is 57.6 cm³/mol. The average molecular weight is 244 g/mol. The van der Waals surface area contributed by atoms with Crippen LogP contribution < -0.4 is 4.74 Å². The molecule has 0 saturated heterocycles. The van der Waals surface area contributed by atoms with Crippen molar-refractivity contribution in [3.8, 4) is 5.88 Å². The van der Waals surface area contributed by atoms with E-state index >= 15 is 0 Å². The Balaban J connectivity index is 3.01. The summed E-state index contributed by atoms with van der Waals surface area (Å²) in [4.78, 5) is 4.07. The molecule has 1 aromatic rings. The van der Waals surface area contributed by atoms with Crippen molar-refractivity contribution in [2.45, 2.75) is 19.3 Å². The molecule has 0 radical (unpaired) electrons. The number of nitrogens with zero attached hydrogens (tertiary/aromatic N) is 1. The highest BCUT2D eigenvalue weighted by atomic mass is 79.9. The van der Waals surface area contributed by atoms with Gasteiger partial charge in [-0.05, 0) is 17.0 Å². The lowest BCUT2D eigenvalue weighted by atomic mass is 9.88. The van der Waals surface area contributed by atoms with Crippen molar-refractivity contribution in [1.82, 2.24) is 4.98 Å². The second-order valence-corrected chi connectivity index (χ2v) is 4.17. The fourth-order valence-electron chi connectivity index (χ4n) is 1.02. The van der Waals surface area contributed by atoms with E-state index in [1.165, 1.54) is 5.56 Å². The molecular weight excluding hydrogens is 230 g/mol. The number of ether oxygens (including phenoxy) is 1. The summed E-state index contributed by atoms with van der Waals surface area (Å²) in [6, 6.07) is 3.99. The minimum absolute atomic E-state index is 0.121. The van der Waals surface area contributed by atoms with Crippen LogP contribution in [0.15, 0.2) is 18.3 Å². The zero-order chi connectivity index (χ0) is 9.90. The van der Waals surface area contributed by atoms with Crippen LogP contribution in [0.25, 0.3) is 0 Å². The first-order valence-electron chi connectivity index (χ1n) is 4.16. The lowest BCUT2D eigenvalue weighted by Crippen LogP contribution is -2.18. The van der Waals surface area contributed by atoms with Gasteiger partial charge in [0.05, 0.1) is 7.11 Å². The molecule has 1 heterocycles. The van der Waals surface area contributed by atoms with Gasteiger partial charge in [0.25, 0.3) is 0 Å². The lowest BCUT2D eigenvalue weighted by Gasteiger charge is -2.22. The highest BCUT2D eigenvalue weighted by molar-refractivity contribution is 9.09. The number of halogens is 1. The molecule has 0 aliphatic carbocycles. The Bertz CT molecular complexity index is 286. The van der Waals surface area contributed by atoms with Crippen molar-refractivity contribution >= 4 is 15.9 Å². The summed E-state index contributed by atoms with van der Waals surface area (Å²) in [5.41, 5.74) is 1.35. The lowest BCUT2D eigenvalue weighted by molar-refractivity contribution is 0.396. The van der Waals surface area contributed by atoms with Crippen molar-refractivity contribution in [1.29, 1.82) is 0 Å². The van der Waals surface area contributed by atoms with Crippen LogP contribution in [-0.4, -0.2) is 17.4 Å². The minimum Gasteiger partial charge on any atom is -0.481 e. The van der Waals surface area contributed by atoms with E-state index < -0.39 is 0 Å². The monoisotopic (exact) mass is 243 g/mol. The number of aromatic nitrogens is 1. The zero-order valence-corrected chi connectivity index (χ0v) is 9.76. The topological polar surface area (TPSA) is 22.1 Å². The van der Waals surface area contributed by atoms with Crippen molar-refractivity contribution in [2.24, 2.45) is 0 Å². The van der Waals surface area contributed by atoms with Crippen molar-refractivity contribution < 1.29 is 4.74 Å². The largest absolute Gasteiger partial charge is 0.481 e. The smallest absolute Gasteiger partial charge is 0.213 e. The summed E-state index contributed by atoms with van der Waals surface area (Å²) in [7, 11) is 1.63. The minimum atomic E-state index is 0.121. The van der Waals surface area contributed by atoms with Crippen molar-refractivity contribution in [3.05, 3.63) is 23.9 Å². The Kier molecular flexibility index (Phi) is 3.31. The quantitative estimate of drug-likeness (QED) is 0.763. The van der Waals surface area contributed by atoms with Crippen LogP contribution in [0, 0.1) is 0 Å². The number of hydrogen-bond acceptors (Lipinski definition) is 2. The van der Waals surface area contributed by atoms with Gasteiger partial charge in [0.15, 0.2) is 0 Å². The SMILES string of the molecule is COc1cc(C(C)(C)CBr)ccn1. The molecule has 13 heavy (non-hydrogen) atoms. The second kappa shape index (κ2) is 4.09. The first-order chi connectivity index (χ1) is 6.10. The van der Waals surface area contributed by atoms with Crippen LogP contribution in [0.4, 0.5) is 0 Å². The van der Waals surface area contributed by atoms with Gasteiger partial charge in [-0.3, -0.25) is 0 Å². The molecule has 0 N–H and O–H groups in total. The van der Waals surface area contributed by atoms with Crippen molar-refractivity contribution in [3.63, 3.8) is 0 Å². The molecule has 3 heteroatoms. The molecule has 1 aromatic heterocycles. The Hall–Kier alpha value is -0.570. The number of hydrogen-bond donors (Lipinski definition) is 0. The summed E-state index contributed by atoms with van der Waals surface area (Å²) in [5.74, 6) is 0.673. The Morgan fingerprint density at radius 3 is 2.77 bits per heavy atom. The summed E-state index contributed by atoms with van der Waals surface area (Å²) in [6.07, 6.45) is 1.78. The van der Waals surface area contributed by atoms with Crippen LogP contribution in [0.3, 0.4) is 0 Å². The van der Waals surface area contributed by atoms with E-state index in [0.717, 1.165) is 5.33 Å². The number of pyridine rings is 1. The van der Waals surface area contributed by atoms with Crippen LogP contribution in [0.2, 0.25) is 0 Å². The molecule has 0 spiro atoms. The van der Waals surface area contributed by atoms with E-state index in [0.29, 0.717) is 5.88 Å². The maximum atomic E-state index is 5.07. The number of rotatable bonds is 3. The fraction of sp³-hybridized carbons (Fsp3) is 0.500. The maximum Gasteiger partial charge on any atom is 0.213 e. The van der Waals surface area contributed by atoms with Crippen molar-refractivity contribution in [2.75, 3.05) is 12.4 Å². The number of alkyl halides is 1. The molecular formula is C10H14BrNO. The summed E-state index contributed by atoms with van der Waals surface area (Å²) >= 11 is 3.49. The Morgan fingerprint density at radius 2 is 2.23 bits per heavy atom. The van der Waals surface area contributed by atoms with E-state index in [-0.39, 0.29) is 5.41 Å². The van der Waals surface area contributed by atoms with Crippen LogP contribution in [0.5, 0.6) is 5.88 Å². The molecule has 0 atom stereocenters. The van der Waals surface area contributed by atoms with Crippen LogP contribution in [-0.2, 0) is 5.41 Å². The van der Waals surface area contributed by atoms with Gasteiger partial charge < -0.3 is 4.74 Å². The molecule has 0 amide bonds. The van der Waals surface area contributed by atoms with Gasteiger partial charge in [-0.25, -0.2) is 4.98 Å². The molecule has 1 rings (SSSR count). The van der Waals surface area contributed by atoms with Gasteiger partial charge in [-0.1, -0.05) is 29.8 Å². The summed E-state index contributed by atoms with van der Waals surface area (Å²) in [6.45, 7) is 4.35. The predicted octanol–water partition coefficient (Wildman–Crippen LogP) is 2.76. The Morgan fingerprint density at radius 1 is 1.54 bits per heavy atom. The van der Waals surface area contributed by atoms with Gasteiger partial charge in [-0.15, -0.1) is 0 Å². The third-order valence-corrected chi connectivity index (χ3v) is 3.46. The van der Waals surface area contributed by atoms with E-state index in [4.69, 9.17) is 4.74 Å². The van der Waals surface area contributed by atoms with E-state index in [2.05, 4.69) is 34.8 Å². The van der Waals surface area contributed by atoms with Gasteiger partial charge in [0, 0.05) is 17.6 Å². The van der Waals surface area contributed by atoms with Gasteiger partial charge in [0.2, 0.25) is 5.88 Å². The molecule has 0 aliphatic rings.